The van der Waals surface area contributed by atoms with Crippen LogP contribution in [0.25, 0.3) is 33.9 Å². The average Bonchev–Trinajstić information content (AvgIpc) is 3.14. The van der Waals surface area contributed by atoms with Gasteiger partial charge in [-0.05, 0) is 56.3 Å². The minimum absolute atomic E-state index is 0.0584. The standard InChI is InChI=1S/C25H25BN3O/c1-16-13-17(2)27-25-23(16)21-15-26(4)29(18(3)24(21)30-25)22-14-20(11-12-28(22)5)19-9-7-6-8-10-19/h6-15H,1-5H3/q+1/i2D3. The lowest BCUT2D eigenvalue weighted by Crippen LogP contribution is -2.50. The monoisotopic (exact) mass is 397 g/mol. The first-order valence-corrected chi connectivity index (χ1v) is 10.1. The summed E-state index contributed by atoms with van der Waals surface area (Å²) in [5.74, 6) is 3.21. The molecule has 30 heavy (non-hydrogen) atoms. The summed E-state index contributed by atoms with van der Waals surface area (Å²) >= 11 is 0. The number of rotatable bonds is 2. The van der Waals surface area contributed by atoms with Crippen LogP contribution in [0.3, 0.4) is 0 Å². The van der Waals surface area contributed by atoms with Gasteiger partial charge in [0, 0.05) is 21.1 Å². The van der Waals surface area contributed by atoms with Gasteiger partial charge >= 0.3 is 6.85 Å². The first kappa shape index (κ1) is 15.5. The van der Waals surface area contributed by atoms with Gasteiger partial charge in [0.1, 0.15) is 5.70 Å². The average molecular weight is 397 g/mol. The number of anilines is 1. The minimum Gasteiger partial charge on any atom is -0.434 e. The number of nitrogens with zero attached hydrogens (tertiary/aromatic N) is 3. The normalized spacial score (nSPS) is 15.5. The van der Waals surface area contributed by atoms with E-state index in [9.17, 15) is 0 Å². The fraction of sp³-hybridized carbons (Fsp3) is 0.200. The van der Waals surface area contributed by atoms with E-state index >= 15 is 0 Å². The van der Waals surface area contributed by atoms with E-state index in [2.05, 4.69) is 57.6 Å². The van der Waals surface area contributed by atoms with Gasteiger partial charge in [-0.3, -0.25) is 4.81 Å². The van der Waals surface area contributed by atoms with E-state index in [4.69, 9.17) is 8.53 Å². The van der Waals surface area contributed by atoms with Crippen molar-refractivity contribution >= 4 is 35.4 Å². The van der Waals surface area contributed by atoms with Gasteiger partial charge in [-0.25, -0.2) is 9.55 Å². The Hall–Kier alpha value is -3.34. The Kier molecular flexibility index (Phi) is 3.55. The number of fused-ring (bicyclic) bond motifs is 3. The predicted molar refractivity (Wildman–Crippen MR) is 123 cm³/mol. The summed E-state index contributed by atoms with van der Waals surface area (Å²) in [5.41, 5.74) is 5.28. The van der Waals surface area contributed by atoms with Crippen LogP contribution in [0, 0.1) is 13.8 Å². The van der Waals surface area contributed by atoms with Gasteiger partial charge in [0.2, 0.25) is 5.71 Å². The first-order valence-electron chi connectivity index (χ1n) is 11.6. The van der Waals surface area contributed by atoms with Crippen LogP contribution in [0.2, 0.25) is 6.82 Å². The molecule has 5 heteroatoms. The highest BCUT2D eigenvalue weighted by molar-refractivity contribution is 6.77. The topological polar surface area (TPSA) is 33.2 Å². The van der Waals surface area contributed by atoms with Crippen LogP contribution in [0.5, 0.6) is 0 Å². The Balaban J connectivity index is 1.72. The summed E-state index contributed by atoms with van der Waals surface area (Å²) in [7, 11) is 2.03. The molecule has 5 rings (SSSR count). The number of pyridine rings is 2. The van der Waals surface area contributed by atoms with Gasteiger partial charge in [-0.1, -0.05) is 36.3 Å². The molecule has 0 aliphatic carbocycles. The lowest BCUT2D eigenvalue weighted by atomic mass is 9.60. The van der Waals surface area contributed by atoms with Gasteiger partial charge in [0.15, 0.2) is 5.42 Å². The maximum absolute atomic E-state index is 7.74. The lowest BCUT2D eigenvalue weighted by molar-refractivity contribution is -0.657. The highest BCUT2D eigenvalue weighted by Crippen LogP contribution is 2.26. The van der Waals surface area contributed by atoms with Crippen molar-refractivity contribution in [3.63, 3.8) is 0 Å². The Morgan fingerprint density at radius 1 is 1.10 bits per heavy atom. The van der Waals surface area contributed by atoms with Crippen molar-refractivity contribution < 1.29 is 13.1 Å². The van der Waals surface area contributed by atoms with E-state index in [0.717, 1.165) is 44.2 Å². The second-order valence-corrected chi connectivity index (χ2v) is 7.96. The van der Waals surface area contributed by atoms with Gasteiger partial charge in [0.05, 0.1) is 18.6 Å². The molecule has 0 atom stereocenters. The summed E-state index contributed by atoms with van der Waals surface area (Å²) in [4.78, 5) is 6.60. The Bertz CT molecular complexity index is 1510. The molecule has 0 unspecified atom stereocenters. The van der Waals surface area contributed by atoms with E-state index in [1.165, 1.54) is 0 Å². The number of aromatic nitrogens is 2. The molecule has 0 radical (unpaired) electrons. The third kappa shape index (κ3) is 2.85. The minimum atomic E-state index is -2.28. The van der Waals surface area contributed by atoms with E-state index in [0.29, 0.717) is 5.71 Å². The third-order valence-electron chi connectivity index (χ3n) is 5.88. The fourth-order valence-corrected chi connectivity index (χ4v) is 4.46. The molecular formula is C25H25BN3O+. The molecule has 0 amide bonds. The zero-order valence-electron chi connectivity index (χ0n) is 20.6. The van der Waals surface area contributed by atoms with Gasteiger partial charge in [-0.15, -0.1) is 0 Å². The summed E-state index contributed by atoms with van der Waals surface area (Å²) < 4.78 is 31.5. The molecule has 4 heterocycles. The quantitative estimate of drug-likeness (QED) is 0.383. The third-order valence-corrected chi connectivity index (χ3v) is 5.88. The molecule has 1 aliphatic heterocycles. The molecule has 1 aliphatic rings. The number of furan rings is 1. The highest BCUT2D eigenvalue weighted by atomic mass is 16.3. The summed E-state index contributed by atoms with van der Waals surface area (Å²) in [5, 5.41) is 1.86. The fourth-order valence-electron chi connectivity index (χ4n) is 4.46. The summed E-state index contributed by atoms with van der Waals surface area (Å²) in [6.45, 7) is 3.90. The van der Waals surface area contributed by atoms with Crippen LogP contribution in [-0.2, 0) is 7.05 Å². The second-order valence-electron chi connectivity index (χ2n) is 7.96. The van der Waals surface area contributed by atoms with Crippen molar-refractivity contribution in [1.29, 1.82) is 0 Å². The molecule has 3 aromatic heterocycles. The van der Waals surface area contributed by atoms with E-state index < -0.39 is 6.85 Å². The first-order chi connectivity index (χ1) is 15.6. The van der Waals surface area contributed by atoms with Gasteiger partial charge in [0.25, 0.3) is 5.82 Å². The number of aryl methyl sites for hydroxylation is 3. The van der Waals surface area contributed by atoms with Crippen LogP contribution >= 0.6 is 0 Å². The zero-order chi connectivity index (χ0) is 23.5. The van der Waals surface area contributed by atoms with Crippen LogP contribution in [-0.4, -0.2) is 11.8 Å². The van der Waals surface area contributed by atoms with E-state index in [1.54, 1.807) is 6.07 Å². The van der Waals surface area contributed by atoms with Crippen molar-refractivity contribution in [3.05, 3.63) is 76.6 Å². The van der Waals surface area contributed by atoms with Crippen LogP contribution < -0.4 is 20.0 Å². The smallest absolute Gasteiger partial charge is 0.402 e. The molecule has 4 aromatic rings. The predicted octanol–water partition coefficient (Wildman–Crippen LogP) is 3.53. The number of benzene rings is 1. The summed E-state index contributed by atoms with van der Waals surface area (Å²) in [6.07, 6.45) is 2.07. The summed E-state index contributed by atoms with van der Waals surface area (Å²) in [6, 6.07) is 16.3. The molecule has 0 saturated heterocycles. The molecule has 0 fully saturated rings. The Morgan fingerprint density at radius 3 is 2.67 bits per heavy atom. The second kappa shape index (κ2) is 6.87. The largest absolute Gasteiger partial charge is 0.434 e. The zero-order valence-corrected chi connectivity index (χ0v) is 17.6. The molecule has 0 spiro atoms. The van der Waals surface area contributed by atoms with Crippen molar-refractivity contribution in [1.82, 2.24) is 4.98 Å². The molecule has 1 aromatic carbocycles. The van der Waals surface area contributed by atoms with Crippen molar-refractivity contribution in [2.75, 3.05) is 4.81 Å². The molecule has 4 nitrogen and oxygen atoms in total. The maximum Gasteiger partial charge on any atom is 0.402 e. The van der Waals surface area contributed by atoms with Gasteiger partial charge in [-0.2, -0.15) is 0 Å². The molecule has 0 N–H and O–H groups in total. The van der Waals surface area contributed by atoms with Crippen molar-refractivity contribution in [2.24, 2.45) is 7.05 Å². The Morgan fingerprint density at radius 2 is 1.90 bits per heavy atom. The molecule has 0 saturated carbocycles. The van der Waals surface area contributed by atoms with Crippen molar-refractivity contribution in [3.8, 4) is 11.1 Å². The highest BCUT2D eigenvalue weighted by Gasteiger charge is 2.34. The van der Waals surface area contributed by atoms with E-state index in [1.807, 2.05) is 39.1 Å². The number of hydrogen-bond acceptors (Lipinski definition) is 3. The SMILES string of the molecule is [2H]C([2H])([2H])c1cc(C)c2c3c(oc2n1)=C(C)N(c1cc(-c2ccccc2)cc[n+]1C)B(C)C=3. The Labute approximate surface area is 181 Å². The maximum atomic E-state index is 7.74. The van der Waals surface area contributed by atoms with E-state index in [-0.39, 0.29) is 12.5 Å². The van der Waals surface area contributed by atoms with Crippen LogP contribution in [0.1, 0.15) is 22.3 Å². The molecule has 148 valence electrons. The van der Waals surface area contributed by atoms with Crippen LogP contribution in [0.4, 0.5) is 5.82 Å². The lowest BCUT2D eigenvalue weighted by Gasteiger charge is -2.23. The van der Waals surface area contributed by atoms with Gasteiger partial charge < -0.3 is 4.42 Å². The van der Waals surface area contributed by atoms with Crippen LogP contribution in [0.15, 0.2) is 59.1 Å². The number of hydrogen-bond donors (Lipinski definition) is 0. The molecule has 0 bridgehead atoms. The molecular weight excluding hydrogens is 369 g/mol. The van der Waals surface area contributed by atoms with Crippen molar-refractivity contribution in [2.45, 2.75) is 27.5 Å².